The van der Waals surface area contributed by atoms with Crippen LogP contribution in [0.2, 0.25) is 0 Å². The Bertz CT molecular complexity index is 843. The van der Waals surface area contributed by atoms with Crippen molar-refractivity contribution in [3.63, 3.8) is 0 Å². The lowest BCUT2D eigenvalue weighted by Crippen LogP contribution is -2.46. The zero-order valence-electron chi connectivity index (χ0n) is 19.4. The first-order valence-electron chi connectivity index (χ1n) is 11.0. The van der Waals surface area contributed by atoms with Gasteiger partial charge in [-0.15, -0.1) is 24.8 Å². The molecule has 0 spiro atoms. The molecule has 0 bridgehead atoms. The van der Waals surface area contributed by atoms with Gasteiger partial charge in [0.1, 0.15) is 5.82 Å². The van der Waals surface area contributed by atoms with Crippen molar-refractivity contribution in [3.05, 3.63) is 59.9 Å². The summed E-state index contributed by atoms with van der Waals surface area (Å²) in [5.41, 5.74) is 2.99. The van der Waals surface area contributed by atoms with Gasteiger partial charge in [0.15, 0.2) is 0 Å². The predicted octanol–water partition coefficient (Wildman–Crippen LogP) is 5.83. The van der Waals surface area contributed by atoms with Gasteiger partial charge < -0.3 is 15.1 Å². The number of likely N-dealkylation sites (N-methyl/N-ethyl adjacent to an activating group) is 1. The highest BCUT2D eigenvalue weighted by molar-refractivity contribution is 5.97. The SMILES string of the molecule is CCN(c1cccc(CN(C(=O)C(CC(C)C)NC)c2ccc(F)cc2)c1)C1CC1.Cl.Cl. The average molecular weight is 484 g/mol. The molecular formula is C25H36Cl2FN3O. The fraction of sp³-hybridized carbons (Fsp3) is 0.480. The second-order valence-corrected chi connectivity index (χ2v) is 8.56. The fourth-order valence-corrected chi connectivity index (χ4v) is 3.97. The van der Waals surface area contributed by atoms with Gasteiger partial charge in [0, 0.05) is 24.0 Å². The molecule has 2 aromatic rings. The Morgan fingerprint density at radius 2 is 1.75 bits per heavy atom. The molecule has 1 fully saturated rings. The Kier molecular flexibility index (Phi) is 11.5. The normalized spacial score (nSPS) is 13.7. The number of rotatable bonds is 10. The van der Waals surface area contributed by atoms with E-state index in [-0.39, 0.29) is 42.6 Å². The molecule has 7 heteroatoms. The van der Waals surface area contributed by atoms with Crippen LogP contribution >= 0.6 is 24.8 Å². The van der Waals surface area contributed by atoms with E-state index in [0.29, 0.717) is 24.2 Å². The Hall–Kier alpha value is -1.82. The number of hydrogen-bond donors (Lipinski definition) is 1. The van der Waals surface area contributed by atoms with Gasteiger partial charge in [-0.1, -0.05) is 26.0 Å². The third-order valence-corrected chi connectivity index (χ3v) is 5.67. The first-order valence-corrected chi connectivity index (χ1v) is 11.0. The van der Waals surface area contributed by atoms with Crippen LogP contribution in [-0.4, -0.2) is 31.6 Å². The van der Waals surface area contributed by atoms with Crippen molar-refractivity contribution in [2.75, 3.05) is 23.4 Å². The van der Waals surface area contributed by atoms with Gasteiger partial charge >= 0.3 is 0 Å². The van der Waals surface area contributed by atoms with Crippen molar-refractivity contribution in [3.8, 4) is 0 Å². The molecule has 0 radical (unpaired) electrons. The van der Waals surface area contributed by atoms with E-state index in [1.54, 1.807) is 17.0 Å². The predicted molar refractivity (Wildman–Crippen MR) is 137 cm³/mol. The maximum Gasteiger partial charge on any atom is 0.244 e. The van der Waals surface area contributed by atoms with Crippen molar-refractivity contribution in [1.29, 1.82) is 0 Å². The lowest BCUT2D eigenvalue weighted by Gasteiger charge is -2.29. The molecule has 1 N–H and O–H groups in total. The van der Waals surface area contributed by atoms with Crippen LogP contribution in [0, 0.1) is 11.7 Å². The Balaban J connectivity index is 0.00000256. The summed E-state index contributed by atoms with van der Waals surface area (Å²) in [4.78, 5) is 17.7. The van der Waals surface area contributed by atoms with Crippen molar-refractivity contribution in [2.24, 2.45) is 5.92 Å². The lowest BCUT2D eigenvalue weighted by molar-refractivity contribution is -0.121. The number of carbonyl (C=O) groups is 1. The van der Waals surface area contributed by atoms with Crippen LogP contribution in [0.15, 0.2) is 48.5 Å². The topological polar surface area (TPSA) is 35.6 Å². The van der Waals surface area contributed by atoms with E-state index >= 15 is 0 Å². The molecule has 178 valence electrons. The number of halogens is 3. The molecule has 0 aliphatic heterocycles. The van der Waals surface area contributed by atoms with E-state index in [0.717, 1.165) is 18.5 Å². The maximum absolute atomic E-state index is 13.5. The summed E-state index contributed by atoms with van der Waals surface area (Å²) >= 11 is 0. The van der Waals surface area contributed by atoms with E-state index in [2.05, 4.69) is 55.3 Å². The van der Waals surface area contributed by atoms with Crippen LogP contribution in [0.3, 0.4) is 0 Å². The number of nitrogens with one attached hydrogen (secondary N) is 1. The standard InChI is InChI=1S/C25H34FN3O.2ClH/c1-5-28(21-13-14-21)23-8-6-7-19(16-23)17-29(22-11-9-20(26)10-12-22)25(30)24(27-4)15-18(2)3;;/h6-12,16,18,21,24,27H,5,13-15,17H2,1-4H3;2*1H. The molecule has 3 rings (SSSR count). The summed E-state index contributed by atoms with van der Waals surface area (Å²) in [6.45, 7) is 7.84. The van der Waals surface area contributed by atoms with Crippen LogP contribution < -0.4 is 15.1 Å². The van der Waals surface area contributed by atoms with E-state index in [4.69, 9.17) is 0 Å². The quantitative estimate of drug-likeness (QED) is 0.461. The zero-order chi connectivity index (χ0) is 21.7. The summed E-state index contributed by atoms with van der Waals surface area (Å²) in [6.07, 6.45) is 3.24. The molecule has 0 aromatic heterocycles. The van der Waals surface area contributed by atoms with Gasteiger partial charge in [0.25, 0.3) is 0 Å². The van der Waals surface area contributed by atoms with Crippen LogP contribution in [0.5, 0.6) is 0 Å². The summed E-state index contributed by atoms with van der Waals surface area (Å²) in [6, 6.07) is 15.0. The largest absolute Gasteiger partial charge is 0.369 e. The summed E-state index contributed by atoms with van der Waals surface area (Å²) in [5, 5.41) is 3.17. The minimum absolute atomic E-state index is 0. The summed E-state index contributed by atoms with van der Waals surface area (Å²) in [5.74, 6) is 0.0997. The highest BCUT2D eigenvalue weighted by Crippen LogP contribution is 2.32. The second-order valence-electron chi connectivity index (χ2n) is 8.56. The Morgan fingerprint density at radius 3 is 2.28 bits per heavy atom. The molecule has 1 unspecified atom stereocenters. The Labute approximate surface area is 204 Å². The fourth-order valence-electron chi connectivity index (χ4n) is 3.97. The van der Waals surface area contributed by atoms with Crippen molar-refractivity contribution < 1.29 is 9.18 Å². The van der Waals surface area contributed by atoms with Crippen molar-refractivity contribution >= 4 is 42.1 Å². The van der Waals surface area contributed by atoms with E-state index in [1.807, 2.05) is 7.05 Å². The lowest BCUT2D eigenvalue weighted by atomic mass is 10.0. The molecular weight excluding hydrogens is 448 g/mol. The number of nitrogens with zero attached hydrogens (tertiary/aromatic N) is 2. The van der Waals surface area contributed by atoms with E-state index in [9.17, 15) is 9.18 Å². The molecule has 1 saturated carbocycles. The number of carbonyl (C=O) groups excluding carboxylic acids is 1. The summed E-state index contributed by atoms with van der Waals surface area (Å²) < 4.78 is 13.5. The van der Waals surface area contributed by atoms with Gasteiger partial charge in [-0.05, 0) is 81.1 Å². The molecule has 1 aliphatic carbocycles. The molecule has 1 amide bonds. The zero-order valence-corrected chi connectivity index (χ0v) is 21.0. The minimum atomic E-state index is -0.302. The number of anilines is 2. The van der Waals surface area contributed by atoms with Crippen molar-refractivity contribution in [1.82, 2.24) is 5.32 Å². The molecule has 1 aliphatic rings. The first kappa shape index (κ1) is 28.2. The average Bonchev–Trinajstić information content (AvgIpc) is 3.56. The molecule has 2 aromatic carbocycles. The minimum Gasteiger partial charge on any atom is -0.369 e. The second kappa shape index (κ2) is 13.0. The van der Waals surface area contributed by atoms with Crippen LogP contribution in [0.1, 0.15) is 45.6 Å². The third-order valence-electron chi connectivity index (χ3n) is 5.67. The van der Waals surface area contributed by atoms with Gasteiger partial charge in [0.2, 0.25) is 5.91 Å². The van der Waals surface area contributed by atoms with Crippen molar-refractivity contribution in [2.45, 2.75) is 58.7 Å². The monoisotopic (exact) mass is 483 g/mol. The van der Waals surface area contributed by atoms with Crippen LogP contribution in [-0.2, 0) is 11.3 Å². The molecule has 0 saturated heterocycles. The summed E-state index contributed by atoms with van der Waals surface area (Å²) in [7, 11) is 1.82. The van der Waals surface area contributed by atoms with E-state index in [1.165, 1.54) is 30.7 Å². The molecule has 1 atom stereocenters. The van der Waals surface area contributed by atoms with Crippen LogP contribution in [0.25, 0.3) is 0 Å². The van der Waals surface area contributed by atoms with Gasteiger partial charge in [-0.3, -0.25) is 4.79 Å². The van der Waals surface area contributed by atoms with Gasteiger partial charge in [-0.2, -0.15) is 0 Å². The first-order chi connectivity index (χ1) is 14.4. The molecule has 4 nitrogen and oxygen atoms in total. The smallest absolute Gasteiger partial charge is 0.244 e. The van der Waals surface area contributed by atoms with Gasteiger partial charge in [-0.25, -0.2) is 4.39 Å². The van der Waals surface area contributed by atoms with E-state index < -0.39 is 0 Å². The maximum atomic E-state index is 13.5. The highest BCUT2D eigenvalue weighted by atomic mass is 35.5. The highest BCUT2D eigenvalue weighted by Gasteiger charge is 2.29. The molecule has 32 heavy (non-hydrogen) atoms. The number of hydrogen-bond acceptors (Lipinski definition) is 3. The molecule has 0 heterocycles. The number of amides is 1. The Morgan fingerprint density at radius 1 is 1.09 bits per heavy atom. The van der Waals surface area contributed by atoms with Crippen LogP contribution in [0.4, 0.5) is 15.8 Å². The third kappa shape index (κ3) is 7.36. The number of benzene rings is 2. The van der Waals surface area contributed by atoms with Gasteiger partial charge in [0.05, 0.1) is 12.6 Å².